The average Bonchev–Trinajstić information content (AvgIpc) is 2.00. The Balaban J connectivity index is 4.51. The molecule has 4 nitrogen and oxygen atoms in total. The third-order valence-electron chi connectivity index (χ3n) is 0.809. The summed E-state index contributed by atoms with van der Waals surface area (Å²) in [5, 5.41) is 0. The van der Waals surface area contributed by atoms with Crippen molar-refractivity contribution < 1.29 is 44.8 Å². The van der Waals surface area contributed by atoms with Crippen LogP contribution in [0.5, 0.6) is 0 Å². The third-order valence-corrected chi connectivity index (χ3v) is 1.80. The Morgan fingerprint density at radius 1 is 1.00 bits per heavy atom. The van der Waals surface area contributed by atoms with Gasteiger partial charge in [0.25, 0.3) is 0 Å². The standard InChI is InChI=1S/C4H5F6O4P/c5-1-3(7,8)13-15(11,12)14-4(9,10)2-6/h1-2H2,(H,11,12). The summed E-state index contributed by atoms with van der Waals surface area (Å²) in [4.78, 5) is 8.27. The smallest absolute Gasteiger partial charge is 0.302 e. The van der Waals surface area contributed by atoms with Gasteiger partial charge >= 0.3 is 20.0 Å². The molecule has 0 aromatic carbocycles. The number of halogens is 6. The van der Waals surface area contributed by atoms with Gasteiger partial charge in [0.15, 0.2) is 13.3 Å². The summed E-state index contributed by atoms with van der Waals surface area (Å²) in [6.45, 7) is -5.05. The van der Waals surface area contributed by atoms with Gasteiger partial charge in [0.05, 0.1) is 0 Å². The number of rotatable bonds is 6. The summed E-state index contributed by atoms with van der Waals surface area (Å²) in [5.41, 5.74) is 0. The van der Waals surface area contributed by atoms with E-state index in [1.54, 1.807) is 0 Å². The molecule has 92 valence electrons. The number of phosphoric acid groups is 1. The van der Waals surface area contributed by atoms with Crippen molar-refractivity contribution in [3.05, 3.63) is 0 Å². The summed E-state index contributed by atoms with van der Waals surface area (Å²) in [7, 11) is -5.95. The van der Waals surface area contributed by atoms with E-state index >= 15 is 0 Å². The zero-order chi connectivity index (χ0) is 12.3. The molecule has 0 saturated heterocycles. The molecule has 0 aliphatic carbocycles. The second-order valence-electron chi connectivity index (χ2n) is 2.19. The van der Waals surface area contributed by atoms with Crippen molar-refractivity contribution in [2.24, 2.45) is 0 Å². The van der Waals surface area contributed by atoms with Crippen LogP contribution in [0.15, 0.2) is 0 Å². The van der Waals surface area contributed by atoms with Gasteiger partial charge in [-0.1, -0.05) is 0 Å². The van der Waals surface area contributed by atoms with Crippen LogP contribution in [0.1, 0.15) is 0 Å². The van der Waals surface area contributed by atoms with Crippen molar-refractivity contribution in [1.82, 2.24) is 0 Å². The Hall–Kier alpha value is -0.310. The lowest BCUT2D eigenvalue weighted by Gasteiger charge is -2.20. The molecule has 0 fully saturated rings. The first kappa shape index (κ1) is 14.7. The van der Waals surface area contributed by atoms with Crippen molar-refractivity contribution in [1.29, 1.82) is 0 Å². The molecule has 0 unspecified atom stereocenters. The van der Waals surface area contributed by atoms with E-state index < -0.39 is 33.4 Å². The Bertz CT molecular complexity index is 236. The van der Waals surface area contributed by atoms with Crippen LogP contribution in [-0.2, 0) is 13.6 Å². The summed E-state index contributed by atoms with van der Waals surface area (Å²) in [6.07, 6.45) is -9.53. The lowest BCUT2D eigenvalue weighted by atomic mass is 10.7. The highest BCUT2D eigenvalue weighted by Crippen LogP contribution is 2.52. The van der Waals surface area contributed by atoms with Crippen LogP contribution in [0, 0.1) is 0 Å². The molecule has 0 aromatic rings. The highest BCUT2D eigenvalue weighted by molar-refractivity contribution is 7.47. The van der Waals surface area contributed by atoms with E-state index in [0.717, 1.165) is 0 Å². The second kappa shape index (κ2) is 4.69. The van der Waals surface area contributed by atoms with Crippen LogP contribution < -0.4 is 0 Å². The third kappa shape index (κ3) is 5.98. The van der Waals surface area contributed by atoms with Gasteiger partial charge in [0.1, 0.15) is 0 Å². The molecular formula is C4H5F6O4P. The number of phosphoric ester groups is 1. The monoisotopic (exact) mass is 262 g/mol. The molecule has 15 heavy (non-hydrogen) atoms. The molecule has 0 aliphatic heterocycles. The van der Waals surface area contributed by atoms with E-state index in [9.17, 15) is 30.9 Å². The fourth-order valence-electron chi connectivity index (χ4n) is 0.405. The van der Waals surface area contributed by atoms with Gasteiger partial charge in [-0.25, -0.2) is 22.4 Å². The Morgan fingerprint density at radius 2 is 1.27 bits per heavy atom. The number of hydrogen-bond donors (Lipinski definition) is 1. The van der Waals surface area contributed by atoms with E-state index in [1.165, 1.54) is 0 Å². The fraction of sp³-hybridized carbons (Fsp3) is 1.00. The number of hydrogen-bond acceptors (Lipinski definition) is 3. The normalized spacial score (nSPS) is 14.3. The zero-order valence-corrected chi connectivity index (χ0v) is 7.70. The SMILES string of the molecule is O=P(O)(OC(F)(F)CF)OC(F)(F)CF. The minimum absolute atomic E-state index is 2.53. The van der Waals surface area contributed by atoms with Gasteiger partial charge in [-0.3, -0.25) is 0 Å². The van der Waals surface area contributed by atoms with Crippen molar-refractivity contribution >= 4 is 7.82 Å². The van der Waals surface area contributed by atoms with Crippen LogP contribution in [0.3, 0.4) is 0 Å². The molecule has 0 saturated carbocycles. The van der Waals surface area contributed by atoms with Gasteiger partial charge in [-0.2, -0.15) is 17.6 Å². The zero-order valence-electron chi connectivity index (χ0n) is 6.80. The van der Waals surface area contributed by atoms with E-state index in [2.05, 4.69) is 9.05 Å². The van der Waals surface area contributed by atoms with E-state index in [0.29, 0.717) is 0 Å². The topological polar surface area (TPSA) is 55.8 Å². The summed E-state index contributed by atoms with van der Waals surface area (Å²) in [5.74, 6) is 0. The fourth-order valence-corrected chi connectivity index (χ4v) is 1.21. The molecule has 11 heteroatoms. The lowest BCUT2D eigenvalue weighted by Crippen LogP contribution is -2.27. The molecule has 0 rings (SSSR count). The summed E-state index contributed by atoms with van der Waals surface area (Å²) in [6, 6.07) is 0. The van der Waals surface area contributed by atoms with Crippen LogP contribution in [-0.4, -0.2) is 30.5 Å². The van der Waals surface area contributed by atoms with Crippen LogP contribution in [0.2, 0.25) is 0 Å². The molecule has 0 bridgehead atoms. The summed E-state index contributed by atoms with van der Waals surface area (Å²) < 4.78 is 86.6. The minimum atomic E-state index is -5.95. The maximum absolute atomic E-state index is 12.0. The maximum atomic E-state index is 12.0. The Labute approximate surface area is 79.4 Å². The van der Waals surface area contributed by atoms with Crippen LogP contribution in [0.25, 0.3) is 0 Å². The van der Waals surface area contributed by atoms with Crippen molar-refractivity contribution in [3.63, 3.8) is 0 Å². The second-order valence-corrected chi connectivity index (χ2v) is 3.50. The van der Waals surface area contributed by atoms with Crippen molar-refractivity contribution in [2.75, 3.05) is 13.3 Å². The quantitative estimate of drug-likeness (QED) is 0.589. The first-order valence-corrected chi connectivity index (χ1v) is 4.65. The van der Waals surface area contributed by atoms with Gasteiger partial charge < -0.3 is 4.89 Å². The summed E-state index contributed by atoms with van der Waals surface area (Å²) >= 11 is 0. The van der Waals surface area contributed by atoms with Gasteiger partial charge in [0, 0.05) is 0 Å². The molecule has 1 N–H and O–H groups in total. The molecule has 0 amide bonds. The predicted octanol–water partition coefficient (Wildman–Crippen LogP) is 2.24. The molecule has 0 aliphatic rings. The number of alkyl halides is 6. The minimum Gasteiger partial charge on any atom is -0.302 e. The molecule has 0 atom stereocenters. The van der Waals surface area contributed by atoms with Crippen LogP contribution in [0.4, 0.5) is 26.3 Å². The molecule has 0 aromatic heterocycles. The van der Waals surface area contributed by atoms with Gasteiger partial charge in [-0.05, 0) is 0 Å². The predicted molar refractivity (Wildman–Crippen MR) is 33.8 cm³/mol. The van der Waals surface area contributed by atoms with Crippen LogP contribution >= 0.6 is 7.82 Å². The van der Waals surface area contributed by atoms with Crippen molar-refractivity contribution in [2.45, 2.75) is 12.2 Å². The largest absolute Gasteiger partial charge is 0.481 e. The first-order valence-electron chi connectivity index (χ1n) is 3.15. The Kier molecular flexibility index (Phi) is 4.59. The molecule has 0 heterocycles. The van der Waals surface area contributed by atoms with Crippen molar-refractivity contribution in [3.8, 4) is 0 Å². The lowest BCUT2D eigenvalue weighted by molar-refractivity contribution is -0.233. The first-order chi connectivity index (χ1) is 6.54. The highest BCUT2D eigenvalue weighted by Gasteiger charge is 2.47. The highest BCUT2D eigenvalue weighted by atomic mass is 31.2. The molecule has 0 radical (unpaired) electrons. The Morgan fingerprint density at radius 3 is 1.47 bits per heavy atom. The van der Waals surface area contributed by atoms with E-state index in [-0.39, 0.29) is 0 Å². The van der Waals surface area contributed by atoms with Gasteiger partial charge in [0.2, 0.25) is 0 Å². The van der Waals surface area contributed by atoms with Gasteiger partial charge in [-0.15, -0.1) is 0 Å². The molecule has 0 spiro atoms. The average molecular weight is 262 g/mol. The maximum Gasteiger partial charge on any atom is 0.481 e. The van der Waals surface area contributed by atoms with E-state index in [4.69, 9.17) is 4.89 Å². The van der Waals surface area contributed by atoms with E-state index in [1.807, 2.05) is 0 Å². The molecular weight excluding hydrogens is 257 g/mol.